The Morgan fingerprint density at radius 1 is 0.815 bits per heavy atom. The zero-order valence-electron chi connectivity index (χ0n) is 14.7. The lowest BCUT2D eigenvalue weighted by Crippen LogP contribution is -2.35. The Morgan fingerprint density at radius 2 is 1.48 bits per heavy atom. The van der Waals surface area contributed by atoms with E-state index in [9.17, 15) is 13.2 Å². The number of alkyl halides is 3. The standard InChI is InChI=1S/C22H19F3N2/c1-14(16-11-6-8-15-7-2-3-9-17(15)16)27-21(22(23,24)25)19-13-26-20-12-5-4-10-18(19)20/h2-14,21,26-27H,1H3/t14-,21-/m0/s1. The molecule has 0 saturated heterocycles. The van der Waals surface area contributed by atoms with Gasteiger partial charge in [-0.3, -0.25) is 5.32 Å². The van der Waals surface area contributed by atoms with Crippen molar-refractivity contribution in [3.05, 3.63) is 84.1 Å². The van der Waals surface area contributed by atoms with Crippen LogP contribution in [0.1, 0.15) is 30.1 Å². The summed E-state index contributed by atoms with van der Waals surface area (Å²) >= 11 is 0. The van der Waals surface area contributed by atoms with Gasteiger partial charge in [0.25, 0.3) is 0 Å². The van der Waals surface area contributed by atoms with Crippen LogP contribution in [0.4, 0.5) is 13.2 Å². The summed E-state index contributed by atoms with van der Waals surface area (Å²) in [7, 11) is 0. The average Bonchev–Trinajstić information content (AvgIpc) is 3.08. The largest absolute Gasteiger partial charge is 0.408 e. The van der Waals surface area contributed by atoms with Crippen molar-refractivity contribution in [3.8, 4) is 0 Å². The molecule has 4 rings (SSSR count). The predicted octanol–water partition coefficient (Wildman–Crippen LogP) is 6.28. The number of halogens is 3. The van der Waals surface area contributed by atoms with E-state index in [1.165, 1.54) is 6.20 Å². The van der Waals surface area contributed by atoms with Gasteiger partial charge in [-0.15, -0.1) is 0 Å². The van der Waals surface area contributed by atoms with Gasteiger partial charge in [-0.25, -0.2) is 0 Å². The molecule has 3 aromatic carbocycles. The highest BCUT2D eigenvalue weighted by Crippen LogP contribution is 2.38. The fourth-order valence-corrected chi connectivity index (χ4v) is 3.66. The summed E-state index contributed by atoms with van der Waals surface area (Å²) in [4.78, 5) is 2.94. The second kappa shape index (κ2) is 6.74. The third-order valence-corrected chi connectivity index (χ3v) is 4.97. The topological polar surface area (TPSA) is 27.8 Å². The van der Waals surface area contributed by atoms with Gasteiger partial charge in [-0.05, 0) is 29.3 Å². The van der Waals surface area contributed by atoms with E-state index < -0.39 is 18.3 Å². The second-order valence-corrected chi connectivity index (χ2v) is 6.72. The molecule has 2 atom stereocenters. The van der Waals surface area contributed by atoms with Crippen LogP contribution in [-0.2, 0) is 0 Å². The van der Waals surface area contributed by atoms with Crippen LogP contribution in [0.15, 0.2) is 72.9 Å². The van der Waals surface area contributed by atoms with Crippen molar-refractivity contribution in [1.82, 2.24) is 10.3 Å². The molecule has 0 fully saturated rings. The maximum Gasteiger partial charge on any atom is 0.408 e. The smallest absolute Gasteiger partial charge is 0.361 e. The Hall–Kier alpha value is -2.79. The molecule has 1 heterocycles. The quantitative estimate of drug-likeness (QED) is 0.436. The maximum absolute atomic E-state index is 13.9. The van der Waals surface area contributed by atoms with Gasteiger partial charge < -0.3 is 4.98 Å². The van der Waals surface area contributed by atoms with Crippen LogP contribution < -0.4 is 5.32 Å². The van der Waals surface area contributed by atoms with E-state index in [-0.39, 0.29) is 5.56 Å². The number of aromatic nitrogens is 1. The fourth-order valence-electron chi connectivity index (χ4n) is 3.66. The van der Waals surface area contributed by atoms with Crippen molar-refractivity contribution in [2.24, 2.45) is 0 Å². The van der Waals surface area contributed by atoms with Crippen LogP contribution in [0.3, 0.4) is 0 Å². The molecule has 1 aromatic heterocycles. The summed E-state index contributed by atoms with van der Waals surface area (Å²) in [6.07, 6.45) is -2.96. The summed E-state index contributed by atoms with van der Waals surface area (Å²) in [5, 5.41) is 5.37. The second-order valence-electron chi connectivity index (χ2n) is 6.72. The van der Waals surface area contributed by atoms with E-state index in [4.69, 9.17) is 0 Å². The zero-order valence-corrected chi connectivity index (χ0v) is 14.7. The molecule has 2 N–H and O–H groups in total. The van der Waals surface area contributed by atoms with Gasteiger partial charge in [0, 0.05) is 28.7 Å². The number of para-hydroxylation sites is 1. The fraction of sp³-hybridized carbons (Fsp3) is 0.182. The molecule has 4 aromatic rings. The van der Waals surface area contributed by atoms with E-state index in [1.54, 1.807) is 31.2 Å². The lowest BCUT2D eigenvalue weighted by Gasteiger charge is -2.26. The van der Waals surface area contributed by atoms with Gasteiger partial charge in [0.1, 0.15) is 6.04 Å². The summed E-state index contributed by atoms with van der Waals surface area (Å²) in [5.74, 6) is 0. The first-order valence-electron chi connectivity index (χ1n) is 8.81. The highest BCUT2D eigenvalue weighted by Gasteiger charge is 2.42. The van der Waals surface area contributed by atoms with Crippen molar-refractivity contribution in [2.45, 2.75) is 25.2 Å². The Kier molecular flexibility index (Phi) is 4.40. The minimum atomic E-state index is -4.41. The Balaban J connectivity index is 1.74. The monoisotopic (exact) mass is 368 g/mol. The van der Waals surface area contributed by atoms with Gasteiger partial charge in [-0.1, -0.05) is 60.7 Å². The van der Waals surface area contributed by atoms with E-state index in [2.05, 4.69) is 10.3 Å². The molecule has 0 aliphatic carbocycles. The predicted molar refractivity (Wildman–Crippen MR) is 103 cm³/mol. The molecule has 2 nitrogen and oxygen atoms in total. The van der Waals surface area contributed by atoms with Crippen LogP contribution in [0.5, 0.6) is 0 Å². The van der Waals surface area contributed by atoms with Gasteiger partial charge >= 0.3 is 6.18 Å². The first-order chi connectivity index (χ1) is 12.9. The van der Waals surface area contributed by atoms with Crippen LogP contribution in [0, 0.1) is 0 Å². The third kappa shape index (κ3) is 3.30. The molecule has 0 amide bonds. The molecule has 0 bridgehead atoms. The summed E-state index contributed by atoms with van der Waals surface area (Å²) in [5.41, 5.74) is 1.76. The highest BCUT2D eigenvalue weighted by atomic mass is 19.4. The van der Waals surface area contributed by atoms with Crippen molar-refractivity contribution in [1.29, 1.82) is 0 Å². The Morgan fingerprint density at radius 3 is 2.26 bits per heavy atom. The highest BCUT2D eigenvalue weighted by molar-refractivity contribution is 5.86. The van der Waals surface area contributed by atoms with Crippen molar-refractivity contribution < 1.29 is 13.2 Å². The van der Waals surface area contributed by atoms with E-state index in [1.807, 2.05) is 42.5 Å². The summed E-state index contributed by atoms with van der Waals surface area (Å²) in [6, 6.07) is 18.3. The molecule has 138 valence electrons. The molecule has 5 heteroatoms. The van der Waals surface area contributed by atoms with Gasteiger partial charge in [0.15, 0.2) is 0 Å². The molecule has 27 heavy (non-hydrogen) atoms. The van der Waals surface area contributed by atoms with Crippen LogP contribution >= 0.6 is 0 Å². The number of H-pyrrole nitrogens is 1. The van der Waals surface area contributed by atoms with E-state index in [0.29, 0.717) is 10.9 Å². The van der Waals surface area contributed by atoms with Crippen molar-refractivity contribution in [2.75, 3.05) is 0 Å². The third-order valence-electron chi connectivity index (χ3n) is 4.97. The number of hydrogen-bond donors (Lipinski definition) is 2. The molecule has 0 aliphatic heterocycles. The van der Waals surface area contributed by atoms with E-state index in [0.717, 1.165) is 16.3 Å². The van der Waals surface area contributed by atoms with Crippen molar-refractivity contribution >= 4 is 21.7 Å². The number of aromatic amines is 1. The SMILES string of the molecule is C[C@H](N[C@@H](c1c[nH]c2ccccc12)C(F)(F)F)c1cccc2ccccc12. The molecule has 0 saturated carbocycles. The number of rotatable bonds is 4. The molecule has 0 spiro atoms. The number of benzene rings is 3. The minimum Gasteiger partial charge on any atom is -0.361 e. The number of fused-ring (bicyclic) bond motifs is 2. The Labute approximate surface area is 155 Å². The van der Waals surface area contributed by atoms with Crippen LogP contribution in [0.25, 0.3) is 21.7 Å². The minimum absolute atomic E-state index is 0.213. The first-order valence-corrected chi connectivity index (χ1v) is 8.81. The molecular weight excluding hydrogens is 349 g/mol. The van der Waals surface area contributed by atoms with Crippen LogP contribution in [0.2, 0.25) is 0 Å². The summed E-state index contributed by atoms with van der Waals surface area (Å²) in [6.45, 7) is 1.77. The van der Waals surface area contributed by atoms with Crippen LogP contribution in [-0.4, -0.2) is 11.2 Å². The zero-order chi connectivity index (χ0) is 19.0. The lowest BCUT2D eigenvalue weighted by molar-refractivity contribution is -0.159. The molecule has 0 unspecified atom stereocenters. The Bertz CT molecular complexity index is 1080. The normalized spacial score (nSPS) is 14.5. The summed E-state index contributed by atoms with van der Waals surface area (Å²) < 4.78 is 41.8. The van der Waals surface area contributed by atoms with Gasteiger partial charge in [0.2, 0.25) is 0 Å². The van der Waals surface area contributed by atoms with Gasteiger partial charge in [-0.2, -0.15) is 13.2 Å². The number of nitrogens with one attached hydrogen (secondary N) is 2. The maximum atomic E-state index is 13.9. The average molecular weight is 368 g/mol. The van der Waals surface area contributed by atoms with E-state index >= 15 is 0 Å². The van der Waals surface area contributed by atoms with Gasteiger partial charge in [0.05, 0.1) is 0 Å². The first kappa shape index (κ1) is 17.6. The lowest BCUT2D eigenvalue weighted by atomic mass is 9.97. The molecule has 0 aliphatic rings. The molecular formula is C22H19F3N2. The van der Waals surface area contributed by atoms with Crippen molar-refractivity contribution in [3.63, 3.8) is 0 Å². The number of hydrogen-bond acceptors (Lipinski definition) is 1. The molecule has 0 radical (unpaired) electrons.